The molecule has 0 aromatic carbocycles. The van der Waals surface area contributed by atoms with Gasteiger partial charge in [0.15, 0.2) is 0 Å². The van der Waals surface area contributed by atoms with Crippen molar-refractivity contribution in [1.82, 2.24) is 20.1 Å². The van der Waals surface area contributed by atoms with Crippen molar-refractivity contribution in [3.8, 4) is 0 Å². The largest absolute Gasteiger partial charge is 0.337 e. The second kappa shape index (κ2) is 8.10. The molecule has 1 amide bonds. The van der Waals surface area contributed by atoms with E-state index in [2.05, 4.69) is 15.2 Å². The fourth-order valence-electron chi connectivity index (χ4n) is 2.62. The highest BCUT2D eigenvalue weighted by Gasteiger charge is 2.25. The minimum Gasteiger partial charge on any atom is -0.337 e. The summed E-state index contributed by atoms with van der Waals surface area (Å²) in [6.07, 6.45) is 5.69. The molecule has 1 atom stereocenters. The Hall–Kier alpha value is -1.46. The summed E-state index contributed by atoms with van der Waals surface area (Å²) >= 11 is 0. The van der Waals surface area contributed by atoms with Crippen LogP contribution < -0.4 is 5.32 Å². The molecule has 1 saturated heterocycles. The van der Waals surface area contributed by atoms with E-state index in [-0.39, 0.29) is 11.8 Å². The van der Waals surface area contributed by atoms with Gasteiger partial charge in [-0.3, -0.25) is 9.78 Å². The molecule has 1 aliphatic rings. The van der Waals surface area contributed by atoms with E-state index in [9.17, 15) is 4.79 Å². The maximum atomic E-state index is 12.8. The van der Waals surface area contributed by atoms with Crippen molar-refractivity contribution < 1.29 is 4.79 Å². The summed E-state index contributed by atoms with van der Waals surface area (Å²) < 4.78 is 0. The molecule has 0 aliphatic carbocycles. The van der Waals surface area contributed by atoms with Gasteiger partial charge in [-0.25, -0.2) is 0 Å². The van der Waals surface area contributed by atoms with Gasteiger partial charge in [-0.05, 0) is 45.1 Å². The maximum absolute atomic E-state index is 12.8. The van der Waals surface area contributed by atoms with Crippen LogP contribution in [0.2, 0.25) is 0 Å². The summed E-state index contributed by atoms with van der Waals surface area (Å²) in [6, 6.07) is 3.95. The lowest BCUT2D eigenvalue weighted by Crippen LogP contribution is -2.44. The van der Waals surface area contributed by atoms with Crippen LogP contribution in [0.5, 0.6) is 0 Å². The summed E-state index contributed by atoms with van der Waals surface area (Å²) in [4.78, 5) is 21.0. The molecule has 1 aliphatic heterocycles. The Morgan fingerprint density at radius 1 is 1.43 bits per heavy atom. The summed E-state index contributed by atoms with van der Waals surface area (Å²) in [5, 5.41) is 3.33. The smallest absolute Gasteiger partial charge is 0.227 e. The van der Waals surface area contributed by atoms with Crippen LogP contribution in [-0.4, -0.2) is 61.0 Å². The molecule has 0 radical (unpaired) electrons. The molecule has 1 N–H and O–H groups in total. The van der Waals surface area contributed by atoms with E-state index in [1.807, 2.05) is 37.3 Å². The van der Waals surface area contributed by atoms with Crippen LogP contribution in [0.3, 0.4) is 0 Å². The van der Waals surface area contributed by atoms with E-state index in [1.54, 1.807) is 6.20 Å². The molecule has 5 nitrogen and oxygen atoms in total. The number of amides is 1. The summed E-state index contributed by atoms with van der Waals surface area (Å²) in [6.45, 7) is 4.13. The molecule has 0 saturated carbocycles. The van der Waals surface area contributed by atoms with Crippen molar-refractivity contribution in [1.29, 1.82) is 0 Å². The zero-order chi connectivity index (χ0) is 15.1. The fourth-order valence-corrected chi connectivity index (χ4v) is 2.62. The van der Waals surface area contributed by atoms with Crippen molar-refractivity contribution >= 4 is 5.91 Å². The minimum atomic E-state index is 0.123. The van der Waals surface area contributed by atoms with Gasteiger partial charge < -0.3 is 15.1 Å². The van der Waals surface area contributed by atoms with Gasteiger partial charge in [-0.1, -0.05) is 6.07 Å². The highest BCUT2D eigenvalue weighted by molar-refractivity contribution is 5.79. The Balaban J connectivity index is 2.01. The molecule has 0 bridgehead atoms. The third-order valence-corrected chi connectivity index (χ3v) is 3.87. The monoisotopic (exact) mass is 290 g/mol. The fraction of sp³-hybridized carbons (Fsp3) is 0.625. The Bertz CT molecular complexity index is 429. The predicted molar refractivity (Wildman–Crippen MR) is 83.8 cm³/mol. The van der Waals surface area contributed by atoms with Crippen molar-refractivity contribution in [2.45, 2.75) is 19.4 Å². The number of hydrogen-bond acceptors (Lipinski definition) is 4. The lowest BCUT2D eigenvalue weighted by Gasteiger charge is -2.30. The first-order valence-electron chi connectivity index (χ1n) is 7.70. The Labute approximate surface area is 127 Å². The standard InChI is InChI=1S/C16H26N4O/c1-19(2)9-10-20(13-14-5-3-7-17-11-14)16(21)15-6-4-8-18-12-15/h3,5,7,11,15,18H,4,6,8-10,12-13H2,1-2H3/t15-/m1/s1. The Morgan fingerprint density at radius 2 is 2.29 bits per heavy atom. The molecule has 2 rings (SSSR count). The number of nitrogens with one attached hydrogen (secondary N) is 1. The number of carbonyl (C=O) groups is 1. The first-order valence-corrected chi connectivity index (χ1v) is 7.70. The molecule has 116 valence electrons. The Morgan fingerprint density at radius 3 is 2.90 bits per heavy atom. The quantitative estimate of drug-likeness (QED) is 0.848. The van der Waals surface area contributed by atoms with Gasteiger partial charge in [0, 0.05) is 38.6 Å². The number of rotatable bonds is 6. The van der Waals surface area contributed by atoms with E-state index >= 15 is 0 Å². The summed E-state index contributed by atoms with van der Waals surface area (Å²) in [7, 11) is 4.07. The lowest BCUT2D eigenvalue weighted by atomic mass is 9.98. The molecular weight excluding hydrogens is 264 g/mol. The van der Waals surface area contributed by atoms with E-state index in [4.69, 9.17) is 0 Å². The summed E-state index contributed by atoms with van der Waals surface area (Å²) in [5.41, 5.74) is 1.09. The van der Waals surface area contributed by atoms with Crippen LogP contribution in [0.15, 0.2) is 24.5 Å². The van der Waals surface area contributed by atoms with E-state index in [0.29, 0.717) is 6.54 Å². The molecule has 1 fully saturated rings. The zero-order valence-corrected chi connectivity index (χ0v) is 13.1. The van der Waals surface area contributed by atoms with Gasteiger partial charge in [-0.2, -0.15) is 0 Å². The highest BCUT2D eigenvalue weighted by Crippen LogP contribution is 2.15. The van der Waals surface area contributed by atoms with Gasteiger partial charge in [0.05, 0.1) is 5.92 Å². The first-order chi connectivity index (χ1) is 10.2. The van der Waals surface area contributed by atoms with Crippen LogP contribution in [0.25, 0.3) is 0 Å². The Kier molecular flexibility index (Phi) is 6.14. The maximum Gasteiger partial charge on any atom is 0.227 e. The second-order valence-corrected chi connectivity index (χ2v) is 5.97. The number of likely N-dealkylation sites (N-methyl/N-ethyl adjacent to an activating group) is 1. The molecule has 0 unspecified atom stereocenters. The van der Waals surface area contributed by atoms with Gasteiger partial charge in [0.2, 0.25) is 5.91 Å². The van der Waals surface area contributed by atoms with Gasteiger partial charge in [0.25, 0.3) is 0 Å². The molecule has 21 heavy (non-hydrogen) atoms. The number of nitrogens with zero attached hydrogens (tertiary/aromatic N) is 3. The molecule has 2 heterocycles. The lowest BCUT2D eigenvalue weighted by molar-refractivity contribution is -0.136. The van der Waals surface area contributed by atoms with Gasteiger partial charge >= 0.3 is 0 Å². The topological polar surface area (TPSA) is 48.5 Å². The molecule has 5 heteroatoms. The highest BCUT2D eigenvalue weighted by atomic mass is 16.2. The molecular formula is C16H26N4O. The van der Waals surface area contributed by atoms with Crippen molar-refractivity contribution in [3.63, 3.8) is 0 Å². The van der Waals surface area contributed by atoms with Crippen LogP contribution >= 0.6 is 0 Å². The van der Waals surface area contributed by atoms with Crippen molar-refractivity contribution in [2.24, 2.45) is 5.92 Å². The zero-order valence-electron chi connectivity index (χ0n) is 13.1. The normalized spacial score (nSPS) is 18.7. The molecule has 0 spiro atoms. The van der Waals surface area contributed by atoms with Crippen molar-refractivity contribution in [2.75, 3.05) is 40.3 Å². The second-order valence-electron chi connectivity index (χ2n) is 5.97. The SMILES string of the molecule is CN(C)CCN(Cc1cccnc1)C(=O)[C@@H]1CCCNC1. The number of pyridine rings is 1. The first kappa shape index (κ1) is 15.9. The molecule has 1 aromatic heterocycles. The number of carbonyl (C=O) groups excluding carboxylic acids is 1. The average Bonchev–Trinajstić information content (AvgIpc) is 2.52. The molecule has 1 aromatic rings. The van der Waals surface area contributed by atoms with Gasteiger partial charge in [-0.15, -0.1) is 0 Å². The third kappa shape index (κ3) is 5.10. The number of piperidine rings is 1. The van der Waals surface area contributed by atoms with Crippen LogP contribution in [0.1, 0.15) is 18.4 Å². The van der Waals surface area contributed by atoms with E-state index in [0.717, 1.165) is 44.6 Å². The number of aromatic nitrogens is 1. The van der Waals surface area contributed by atoms with E-state index in [1.165, 1.54) is 0 Å². The van der Waals surface area contributed by atoms with E-state index < -0.39 is 0 Å². The van der Waals surface area contributed by atoms with Crippen LogP contribution in [0, 0.1) is 5.92 Å². The predicted octanol–water partition coefficient (Wildman–Crippen LogP) is 0.971. The average molecular weight is 290 g/mol. The summed E-state index contributed by atoms with van der Waals surface area (Å²) in [5.74, 6) is 0.394. The van der Waals surface area contributed by atoms with Crippen LogP contribution in [-0.2, 0) is 11.3 Å². The van der Waals surface area contributed by atoms with Crippen molar-refractivity contribution in [3.05, 3.63) is 30.1 Å². The van der Waals surface area contributed by atoms with Gasteiger partial charge in [0.1, 0.15) is 0 Å². The third-order valence-electron chi connectivity index (χ3n) is 3.87. The van der Waals surface area contributed by atoms with Crippen LogP contribution in [0.4, 0.5) is 0 Å². The minimum absolute atomic E-state index is 0.123. The number of hydrogen-bond donors (Lipinski definition) is 1.